The molecule has 0 bridgehead atoms. The largest absolute Gasteiger partial charge is 0.447 e. The Morgan fingerprint density at radius 2 is 1.66 bits per heavy atom. The second-order valence-electron chi connectivity index (χ2n) is 12.3. The van der Waals surface area contributed by atoms with Crippen molar-refractivity contribution in [1.29, 1.82) is 0 Å². The maximum atomic E-state index is 13.9. The van der Waals surface area contributed by atoms with Gasteiger partial charge in [-0.05, 0) is 57.3 Å². The number of likely N-dealkylation sites (tertiary alicyclic amines) is 1. The normalized spacial score (nSPS) is 26.4. The minimum atomic E-state index is -1.01. The van der Waals surface area contributed by atoms with Crippen LogP contribution in [0.2, 0.25) is 0 Å². The Morgan fingerprint density at radius 1 is 1.00 bits per heavy atom. The highest BCUT2D eigenvalue weighted by Gasteiger charge is 2.55. The number of hydrogen-bond donors (Lipinski definition) is 4. The number of nitrogens with zero attached hydrogens (tertiary/aromatic N) is 1. The van der Waals surface area contributed by atoms with Crippen molar-refractivity contribution in [2.45, 2.75) is 116 Å². The summed E-state index contributed by atoms with van der Waals surface area (Å²) in [6.45, 7) is 10.8. The fourth-order valence-electron chi connectivity index (χ4n) is 5.50. The first-order chi connectivity index (χ1) is 17.7. The number of aliphatic hydroxyl groups is 1. The van der Waals surface area contributed by atoms with Crippen LogP contribution in [0.3, 0.4) is 0 Å². The zero-order valence-electron chi connectivity index (χ0n) is 23.4. The van der Waals surface area contributed by atoms with Gasteiger partial charge in [0.05, 0.1) is 18.2 Å². The number of alkyl carbamates (subject to hydrolysis) is 1. The molecular formula is C27H44N4O7. The summed E-state index contributed by atoms with van der Waals surface area (Å²) in [5, 5.41) is 18.7. The molecule has 0 radical (unpaired) electrons. The van der Waals surface area contributed by atoms with E-state index in [1.165, 1.54) is 4.90 Å². The number of fused-ring (bicyclic) bond motifs is 1. The molecule has 0 aromatic carbocycles. The van der Waals surface area contributed by atoms with E-state index in [9.17, 15) is 29.1 Å². The molecule has 214 valence electrons. The molecular weight excluding hydrogens is 492 g/mol. The Kier molecular flexibility index (Phi) is 9.43. The van der Waals surface area contributed by atoms with E-state index in [0.29, 0.717) is 19.3 Å². The highest BCUT2D eigenvalue weighted by Crippen LogP contribution is 2.43. The fourth-order valence-corrected chi connectivity index (χ4v) is 5.50. The van der Waals surface area contributed by atoms with Crippen molar-refractivity contribution in [2.75, 3.05) is 6.54 Å². The third-order valence-corrected chi connectivity index (χ3v) is 7.61. The molecule has 3 aliphatic rings. The van der Waals surface area contributed by atoms with E-state index in [1.807, 2.05) is 6.92 Å². The number of Topliss-reactive ketones (excluding diaryl/α,β-unsaturated/α-hetero) is 1. The highest BCUT2D eigenvalue weighted by atomic mass is 16.6. The van der Waals surface area contributed by atoms with Crippen LogP contribution in [0, 0.1) is 17.3 Å². The third kappa shape index (κ3) is 7.03. The molecule has 0 spiro atoms. The minimum absolute atomic E-state index is 0.0114. The molecule has 11 heteroatoms. The summed E-state index contributed by atoms with van der Waals surface area (Å²) in [5.41, 5.74) is -0.702. The number of hydrogen-bond acceptors (Lipinski definition) is 7. The van der Waals surface area contributed by atoms with Gasteiger partial charge in [-0.15, -0.1) is 0 Å². The van der Waals surface area contributed by atoms with Crippen LogP contribution in [0.15, 0.2) is 0 Å². The van der Waals surface area contributed by atoms with Gasteiger partial charge in [-0.3, -0.25) is 19.2 Å². The molecule has 1 saturated heterocycles. The highest BCUT2D eigenvalue weighted by molar-refractivity contribution is 6.38. The van der Waals surface area contributed by atoms with Gasteiger partial charge in [0.15, 0.2) is 0 Å². The van der Waals surface area contributed by atoms with Gasteiger partial charge >= 0.3 is 6.09 Å². The quantitative estimate of drug-likeness (QED) is 0.307. The summed E-state index contributed by atoms with van der Waals surface area (Å²) < 4.78 is 5.20. The van der Waals surface area contributed by atoms with Crippen LogP contribution in [0.5, 0.6) is 0 Å². The van der Waals surface area contributed by atoms with Crippen molar-refractivity contribution in [1.82, 2.24) is 20.9 Å². The standard InChI is InChI=1S/C27H44N4O7/c1-7-8-18(21(33)24(35)28-15-9-10-15)29-23(34)20-16-11-12-19(32)17(16)13-31(20)25(36)22(27(4,5)6)30-26(37)38-14(2)3/h14-20,22,32H,7-13H2,1-6H3,(H,28,35)(H,29,34)(H,30,37)/t16-,17-,18?,19?,20-,22+/m0/s1. The first-order valence-corrected chi connectivity index (χ1v) is 13.8. The first-order valence-electron chi connectivity index (χ1n) is 13.8. The van der Waals surface area contributed by atoms with Gasteiger partial charge in [0.25, 0.3) is 5.91 Å². The van der Waals surface area contributed by atoms with Crippen LogP contribution in [-0.4, -0.2) is 82.5 Å². The number of rotatable bonds is 10. The van der Waals surface area contributed by atoms with E-state index in [1.54, 1.807) is 34.6 Å². The molecule has 4 N–H and O–H groups in total. The lowest BCUT2D eigenvalue weighted by Crippen LogP contribution is -2.60. The average molecular weight is 537 g/mol. The lowest BCUT2D eigenvalue weighted by molar-refractivity contribution is -0.144. The maximum Gasteiger partial charge on any atom is 0.408 e. The number of ether oxygens (including phenoxy) is 1. The predicted octanol–water partition coefficient (Wildman–Crippen LogP) is 1.27. The fraction of sp³-hybridized carbons (Fsp3) is 0.815. The molecule has 1 aliphatic heterocycles. The number of aliphatic hydroxyl groups excluding tert-OH is 1. The van der Waals surface area contributed by atoms with E-state index in [4.69, 9.17) is 4.74 Å². The summed E-state index contributed by atoms with van der Waals surface area (Å²) >= 11 is 0. The lowest BCUT2D eigenvalue weighted by Gasteiger charge is -2.36. The number of carbonyl (C=O) groups is 5. The molecule has 0 aromatic heterocycles. The summed E-state index contributed by atoms with van der Waals surface area (Å²) in [6.07, 6.45) is 1.82. The molecule has 11 nitrogen and oxygen atoms in total. The molecule has 38 heavy (non-hydrogen) atoms. The number of amides is 4. The van der Waals surface area contributed by atoms with Gasteiger partial charge < -0.3 is 30.7 Å². The second kappa shape index (κ2) is 12.0. The number of ketones is 1. The molecule has 0 aromatic rings. The molecule has 3 rings (SSSR count). The predicted molar refractivity (Wildman–Crippen MR) is 139 cm³/mol. The Hall–Kier alpha value is -2.69. The molecule has 6 atom stereocenters. The van der Waals surface area contributed by atoms with Crippen molar-refractivity contribution in [2.24, 2.45) is 17.3 Å². The van der Waals surface area contributed by atoms with Gasteiger partial charge in [-0.2, -0.15) is 0 Å². The molecule has 3 fully saturated rings. The zero-order valence-corrected chi connectivity index (χ0v) is 23.4. The summed E-state index contributed by atoms with van der Waals surface area (Å²) in [5.74, 6) is -2.98. The molecule has 2 aliphatic carbocycles. The minimum Gasteiger partial charge on any atom is -0.447 e. The molecule has 2 saturated carbocycles. The van der Waals surface area contributed by atoms with E-state index in [2.05, 4.69) is 16.0 Å². The van der Waals surface area contributed by atoms with Gasteiger partial charge in [0.2, 0.25) is 17.6 Å². The second-order valence-corrected chi connectivity index (χ2v) is 12.3. The van der Waals surface area contributed by atoms with E-state index >= 15 is 0 Å². The van der Waals surface area contributed by atoms with E-state index in [0.717, 1.165) is 12.8 Å². The summed E-state index contributed by atoms with van der Waals surface area (Å²) in [6, 6.07) is -2.92. The zero-order chi connectivity index (χ0) is 28.4. The van der Waals surface area contributed by atoms with Crippen molar-refractivity contribution in [3.8, 4) is 0 Å². The number of carbonyl (C=O) groups excluding carboxylic acids is 5. The van der Waals surface area contributed by atoms with Crippen LogP contribution >= 0.6 is 0 Å². The van der Waals surface area contributed by atoms with Gasteiger partial charge in [0.1, 0.15) is 12.1 Å². The van der Waals surface area contributed by atoms with Crippen molar-refractivity contribution in [3.63, 3.8) is 0 Å². The van der Waals surface area contributed by atoms with Crippen LogP contribution in [0.4, 0.5) is 4.79 Å². The van der Waals surface area contributed by atoms with Crippen molar-refractivity contribution < 1.29 is 33.8 Å². The maximum absolute atomic E-state index is 13.9. The number of nitrogens with one attached hydrogen (secondary N) is 3. The molecule has 1 heterocycles. The SMILES string of the molecule is CCCC(NC(=O)[C@@H]1[C@H]2CCC(O)[C@H]2CN1C(=O)[C@@H](NC(=O)OC(C)C)C(C)(C)C)C(=O)C(=O)NC1CC1. The van der Waals surface area contributed by atoms with Crippen LogP contribution < -0.4 is 16.0 Å². The lowest BCUT2D eigenvalue weighted by atomic mass is 9.85. The molecule has 4 amide bonds. The Labute approximate surface area is 224 Å². The van der Waals surface area contributed by atoms with E-state index in [-0.39, 0.29) is 36.9 Å². The summed E-state index contributed by atoms with van der Waals surface area (Å²) in [4.78, 5) is 66.8. The summed E-state index contributed by atoms with van der Waals surface area (Å²) in [7, 11) is 0. The van der Waals surface area contributed by atoms with Crippen LogP contribution in [-0.2, 0) is 23.9 Å². The van der Waals surface area contributed by atoms with Crippen molar-refractivity contribution in [3.05, 3.63) is 0 Å². The first kappa shape index (κ1) is 29.9. The van der Waals surface area contributed by atoms with Crippen molar-refractivity contribution >= 4 is 29.6 Å². The van der Waals surface area contributed by atoms with Crippen LogP contribution in [0.1, 0.15) is 80.1 Å². The third-order valence-electron chi connectivity index (χ3n) is 7.61. The molecule has 2 unspecified atom stereocenters. The Bertz CT molecular complexity index is 927. The monoisotopic (exact) mass is 536 g/mol. The average Bonchev–Trinajstić information content (AvgIpc) is 3.43. The topological polar surface area (TPSA) is 154 Å². The Balaban J connectivity index is 1.83. The van der Waals surface area contributed by atoms with Gasteiger partial charge in [-0.25, -0.2) is 4.79 Å². The van der Waals surface area contributed by atoms with Gasteiger partial charge in [-0.1, -0.05) is 34.1 Å². The van der Waals surface area contributed by atoms with E-state index < -0.39 is 59.2 Å². The Morgan fingerprint density at radius 3 is 2.21 bits per heavy atom. The van der Waals surface area contributed by atoms with Crippen LogP contribution in [0.25, 0.3) is 0 Å². The van der Waals surface area contributed by atoms with Gasteiger partial charge in [0, 0.05) is 18.5 Å². The smallest absolute Gasteiger partial charge is 0.408 e.